The molecule has 4 heteroatoms. The van der Waals surface area contributed by atoms with Gasteiger partial charge in [0.25, 0.3) is 0 Å². The second-order valence-electron chi connectivity index (χ2n) is 3.91. The van der Waals surface area contributed by atoms with Crippen LogP contribution in [0, 0.1) is 11.6 Å². The lowest BCUT2D eigenvalue weighted by Gasteiger charge is -2.10. The van der Waals surface area contributed by atoms with Crippen molar-refractivity contribution in [3.63, 3.8) is 0 Å². The van der Waals surface area contributed by atoms with E-state index in [0.29, 0.717) is 16.7 Å². The molecule has 0 unspecified atom stereocenters. The van der Waals surface area contributed by atoms with Crippen LogP contribution in [-0.2, 0) is 6.42 Å². The van der Waals surface area contributed by atoms with Crippen molar-refractivity contribution in [1.29, 1.82) is 0 Å². The number of anilines is 1. The summed E-state index contributed by atoms with van der Waals surface area (Å²) in [5.74, 6) is -1.18. The maximum Gasteiger partial charge on any atom is 0.150 e. The van der Waals surface area contributed by atoms with Crippen LogP contribution in [0.3, 0.4) is 0 Å². The van der Waals surface area contributed by atoms with Gasteiger partial charge in [-0.3, -0.25) is 0 Å². The summed E-state index contributed by atoms with van der Waals surface area (Å²) in [6, 6.07) is 12.0. The lowest BCUT2D eigenvalue weighted by Crippen LogP contribution is -2.07. The van der Waals surface area contributed by atoms with Crippen molar-refractivity contribution in [2.75, 3.05) is 11.9 Å². The molecular weight excluding hydrogens is 300 g/mol. The van der Waals surface area contributed by atoms with Crippen molar-refractivity contribution in [3.8, 4) is 0 Å². The Balaban J connectivity index is 1.99. The highest BCUT2D eigenvalue weighted by Crippen LogP contribution is 2.26. The minimum atomic E-state index is -0.590. The van der Waals surface area contributed by atoms with Crippen LogP contribution in [-0.4, -0.2) is 6.54 Å². The summed E-state index contributed by atoms with van der Waals surface area (Å²) < 4.78 is 26.8. The highest BCUT2D eigenvalue weighted by atomic mass is 79.9. The molecule has 0 aliphatic heterocycles. The Morgan fingerprint density at radius 3 is 2.44 bits per heavy atom. The molecule has 0 amide bonds. The number of rotatable bonds is 4. The van der Waals surface area contributed by atoms with Gasteiger partial charge in [-0.1, -0.05) is 30.3 Å². The fourth-order valence-corrected chi connectivity index (χ4v) is 2.24. The SMILES string of the molecule is Fc1cc(F)c(NCCc2ccccc2)c(Br)c1. The number of halogens is 3. The van der Waals surface area contributed by atoms with Gasteiger partial charge in [-0.15, -0.1) is 0 Å². The topological polar surface area (TPSA) is 12.0 Å². The highest BCUT2D eigenvalue weighted by Gasteiger charge is 2.08. The standard InChI is InChI=1S/C14H12BrF2N/c15-12-8-11(16)9-13(17)14(12)18-7-6-10-4-2-1-3-5-10/h1-5,8-9,18H,6-7H2. The molecule has 0 heterocycles. The normalized spacial score (nSPS) is 10.4. The molecule has 0 radical (unpaired) electrons. The van der Waals surface area contributed by atoms with E-state index in [1.165, 1.54) is 11.6 Å². The van der Waals surface area contributed by atoms with E-state index in [9.17, 15) is 8.78 Å². The minimum Gasteiger partial charge on any atom is -0.381 e. The van der Waals surface area contributed by atoms with Crippen LogP contribution in [0.15, 0.2) is 46.9 Å². The van der Waals surface area contributed by atoms with Gasteiger partial charge >= 0.3 is 0 Å². The third-order valence-corrected chi connectivity index (χ3v) is 3.19. The maximum absolute atomic E-state index is 13.5. The first kappa shape index (κ1) is 13.0. The summed E-state index contributed by atoms with van der Waals surface area (Å²) >= 11 is 3.14. The second kappa shape index (κ2) is 5.96. The molecule has 0 saturated carbocycles. The first-order valence-electron chi connectivity index (χ1n) is 5.59. The van der Waals surface area contributed by atoms with Gasteiger partial charge in [-0.25, -0.2) is 8.78 Å². The number of nitrogens with one attached hydrogen (secondary N) is 1. The van der Waals surface area contributed by atoms with E-state index >= 15 is 0 Å². The van der Waals surface area contributed by atoms with Crippen molar-refractivity contribution < 1.29 is 8.78 Å². The summed E-state index contributed by atoms with van der Waals surface area (Å²) in [5.41, 5.74) is 1.47. The van der Waals surface area contributed by atoms with E-state index in [-0.39, 0.29) is 0 Å². The average molecular weight is 312 g/mol. The Hall–Kier alpha value is -1.42. The van der Waals surface area contributed by atoms with Crippen molar-refractivity contribution >= 4 is 21.6 Å². The van der Waals surface area contributed by atoms with Crippen molar-refractivity contribution in [2.45, 2.75) is 6.42 Å². The molecule has 0 aliphatic rings. The summed E-state index contributed by atoms with van der Waals surface area (Å²) in [4.78, 5) is 0. The maximum atomic E-state index is 13.5. The third kappa shape index (κ3) is 3.29. The summed E-state index contributed by atoms with van der Waals surface area (Å²) in [6.07, 6.45) is 0.782. The molecule has 0 spiro atoms. The van der Waals surface area contributed by atoms with Crippen LogP contribution >= 0.6 is 15.9 Å². The summed E-state index contributed by atoms with van der Waals surface area (Å²) in [6.45, 7) is 0.588. The predicted octanol–water partition coefficient (Wildman–Crippen LogP) is 4.38. The van der Waals surface area contributed by atoms with E-state index in [2.05, 4.69) is 21.2 Å². The van der Waals surface area contributed by atoms with Crippen LogP contribution in [0.2, 0.25) is 0 Å². The van der Waals surface area contributed by atoms with Crippen LogP contribution in [0.5, 0.6) is 0 Å². The first-order valence-corrected chi connectivity index (χ1v) is 6.38. The van der Waals surface area contributed by atoms with Crippen LogP contribution in [0.25, 0.3) is 0 Å². The predicted molar refractivity (Wildman–Crippen MR) is 72.7 cm³/mol. The van der Waals surface area contributed by atoms with Crippen molar-refractivity contribution in [1.82, 2.24) is 0 Å². The van der Waals surface area contributed by atoms with E-state index in [1.807, 2.05) is 30.3 Å². The molecule has 0 atom stereocenters. The summed E-state index contributed by atoms with van der Waals surface area (Å²) in [5, 5.41) is 2.97. The molecule has 18 heavy (non-hydrogen) atoms. The molecule has 1 nitrogen and oxygen atoms in total. The molecule has 2 aromatic rings. The molecule has 0 saturated heterocycles. The van der Waals surface area contributed by atoms with Gasteiger partial charge in [0.2, 0.25) is 0 Å². The Kier molecular flexibility index (Phi) is 4.31. The zero-order valence-electron chi connectivity index (χ0n) is 9.59. The lowest BCUT2D eigenvalue weighted by molar-refractivity contribution is 0.583. The van der Waals surface area contributed by atoms with Crippen LogP contribution in [0.4, 0.5) is 14.5 Å². The molecule has 0 bridgehead atoms. The monoisotopic (exact) mass is 311 g/mol. The fraction of sp³-hybridized carbons (Fsp3) is 0.143. The van der Waals surface area contributed by atoms with E-state index in [0.717, 1.165) is 12.5 Å². The molecule has 94 valence electrons. The molecule has 2 aromatic carbocycles. The lowest BCUT2D eigenvalue weighted by atomic mass is 10.1. The zero-order valence-corrected chi connectivity index (χ0v) is 11.2. The highest BCUT2D eigenvalue weighted by molar-refractivity contribution is 9.10. The van der Waals surface area contributed by atoms with Crippen LogP contribution in [0.1, 0.15) is 5.56 Å². The smallest absolute Gasteiger partial charge is 0.150 e. The zero-order chi connectivity index (χ0) is 13.0. The van der Waals surface area contributed by atoms with Crippen molar-refractivity contribution in [2.24, 2.45) is 0 Å². The van der Waals surface area contributed by atoms with Gasteiger partial charge in [0.05, 0.1) is 5.69 Å². The van der Waals surface area contributed by atoms with Gasteiger partial charge in [-0.2, -0.15) is 0 Å². The molecule has 2 rings (SSSR count). The quantitative estimate of drug-likeness (QED) is 0.883. The molecular formula is C14H12BrF2N. The largest absolute Gasteiger partial charge is 0.381 e. The van der Waals surface area contributed by atoms with E-state index in [1.54, 1.807) is 0 Å². The first-order chi connectivity index (χ1) is 8.66. The second-order valence-corrected chi connectivity index (χ2v) is 4.76. The Labute approximate surface area is 113 Å². The average Bonchev–Trinajstić information content (AvgIpc) is 2.34. The van der Waals surface area contributed by atoms with Crippen molar-refractivity contribution in [3.05, 3.63) is 64.1 Å². The van der Waals surface area contributed by atoms with Gasteiger partial charge in [0.1, 0.15) is 11.6 Å². The molecule has 1 N–H and O–H groups in total. The fourth-order valence-electron chi connectivity index (χ4n) is 1.69. The van der Waals surface area contributed by atoms with E-state index in [4.69, 9.17) is 0 Å². The molecule has 0 aliphatic carbocycles. The minimum absolute atomic E-state index is 0.298. The number of hydrogen-bond donors (Lipinski definition) is 1. The third-order valence-electron chi connectivity index (χ3n) is 2.57. The van der Waals surface area contributed by atoms with E-state index < -0.39 is 11.6 Å². The Bertz CT molecular complexity index is 506. The van der Waals surface area contributed by atoms with Gasteiger partial charge in [0.15, 0.2) is 0 Å². The summed E-state index contributed by atoms with van der Waals surface area (Å²) in [7, 11) is 0. The van der Waals surface area contributed by atoms with Gasteiger partial charge in [-0.05, 0) is 34.0 Å². The number of benzene rings is 2. The molecule has 0 aromatic heterocycles. The van der Waals surface area contributed by atoms with Gasteiger partial charge < -0.3 is 5.32 Å². The molecule has 0 fully saturated rings. The van der Waals surface area contributed by atoms with Gasteiger partial charge in [0, 0.05) is 17.1 Å². The Morgan fingerprint density at radius 1 is 1.06 bits per heavy atom. The Morgan fingerprint density at radius 2 is 1.78 bits per heavy atom. The van der Waals surface area contributed by atoms with Crippen LogP contribution < -0.4 is 5.32 Å². The number of hydrogen-bond acceptors (Lipinski definition) is 1.